The van der Waals surface area contributed by atoms with E-state index in [1.165, 1.54) is 17.8 Å². The Labute approximate surface area is 116 Å². The monoisotopic (exact) mass is 284 g/mol. The number of hydrogen-bond donors (Lipinski definition) is 4. The van der Waals surface area contributed by atoms with Crippen molar-refractivity contribution in [3.05, 3.63) is 6.07 Å². The van der Waals surface area contributed by atoms with E-state index in [9.17, 15) is 5.11 Å². The van der Waals surface area contributed by atoms with E-state index in [1.54, 1.807) is 0 Å². The van der Waals surface area contributed by atoms with E-state index in [0.29, 0.717) is 29.1 Å². The van der Waals surface area contributed by atoms with Crippen LogP contribution in [-0.4, -0.2) is 64.6 Å². The molecule has 1 aromatic heterocycles. The van der Waals surface area contributed by atoms with Gasteiger partial charge in [0.15, 0.2) is 5.16 Å². The van der Waals surface area contributed by atoms with Gasteiger partial charge in [0.25, 0.3) is 0 Å². The lowest BCUT2D eigenvalue weighted by Gasteiger charge is -2.28. The smallest absolute Gasteiger partial charge is 0.191 e. The van der Waals surface area contributed by atoms with E-state index in [4.69, 9.17) is 11.5 Å². The molecule has 1 aromatic rings. The zero-order valence-electron chi connectivity index (χ0n) is 10.7. The molecule has 19 heavy (non-hydrogen) atoms. The van der Waals surface area contributed by atoms with Gasteiger partial charge in [0.1, 0.15) is 11.6 Å². The number of nitrogen functional groups attached to an aromatic ring is 2. The fourth-order valence-corrected chi connectivity index (χ4v) is 2.73. The SMILES string of the molecule is Nc1cc(N)nc(SCC(O)CN2CCNCC2)n1. The highest BCUT2D eigenvalue weighted by molar-refractivity contribution is 7.99. The molecule has 2 rings (SSSR count). The second kappa shape index (κ2) is 6.90. The fourth-order valence-electron chi connectivity index (χ4n) is 1.94. The van der Waals surface area contributed by atoms with E-state index >= 15 is 0 Å². The van der Waals surface area contributed by atoms with Crippen molar-refractivity contribution in [2.45, 2.75) is 11.3 Å². The van der Waals surface area contributed by atoms with Crippen LogP contribution in [0.3, 0.4) is 0 Å². The van der Waals surface area contributed by atoms with Gasteiger partial charge in [-0.2, -0.15) is 0 Å². The van der Waals surface area contributed by atoms with Gasteiger partial charge >= 0.3 is 0 Å². The van der Waals surface area contributed by atoms with Crippen LogP contribution in [0, 0.1) is 0 Å². The van der Waals surface area contributed by atoms with E-state index in [2.05, 4.69) is 20.2 Å². The number of β-amino-alcohol motifs (C(OH)–C–C–N with tert-alkyl or cyclic N) is 1. The summed E-state index contributed by atoms with van der Waals surface area (Å²) >= 11 is 1.37. The second-order valence-corrected chi connectivity index (χ2v) is 5.50. The third-order valence-corrected chi connectivity index (χ3v) is 3.82. The number of hydrogen-bond acceptors (Lipinski definition) is 8. The van der Waals surface area contributed by atoms with Gasteiger partial charge in [-0.1, -0.05) is 11.8 Å². The Morgan fingerprint density at radius 3 is 2.58 bits per heavy atom. The Bertz CT molecular complexity index is 392. The first-order valence-electron chi connectivity index (χ1n) is 6.27. The molecule has 2 heterocycles. The van der Waals surface area contributed by atoms with Crippen molar-refractivity contribution in [1.82, 2.24) is 20.2 Å². The Hall–Kier alpha value is -1.09. The normalized spacial score (nSPS) is 18.4. The molecule has 1 fully saturated rings. The first-order valence-corrected chi connectivity index (χ1v) is 7.26. The highest BCUT2D eigenvalue weighted by atomic mass is 32.2. The van der Waals surface area contributed by atoms with Gasteiger partial charge in [0.2, 0.25) is 0 Å². The zero-order valence-corrected chi connectivity index (χ0v) is 11.6. The molecule has 1 saturated heterocycles. The van der Waals surface area contributed by atoms with Gasteiger partial charge in [-0.05, 0) is 0 Å². The lowest BCUT2D eigenvalue weighted by Crippen LogP contribution is -2.46. The van der Waals surface area contributed by atoms with Crippen LogP contribution in [0.25, 0.3) is 0 Å². The summed E-state index contributed by atoms with van der Waals surface area (Å²) in [5, 5.41) is 13.8. The summed E-state index contributed by atoms with van der Waals surface area (Å²) in [6.07, 6.45) is -0.408. The molecule has 1 aliphatic rings. The molecule has 0 aliphatic carbocycles. The van der Waals surface area contributed by atoms with Crippen LogP contribution in [0.5, 0.6) is 0 Å². The summed E-state index contributed by atoms with van der Waals surface area (Å²) in [5.74, 6) is 1.24. The molecule has 0 saturated carbocycles. The van der Waals surface area contributed by atoms with Crippen LogP contribution in [0.2, 0.25) is 0 Å². The lowest BCUT2D eigenvalue weighted by molar-refractivity contribution is 0.121. The predicted octanol–water partition coefficient (Wildman–Crippen LogP) is -1.00. The van der Waals surface area contributed by atoms with Gasteiger partial charge < -0.3 is 21.9 Å². The molecule has 106 valence electrons. The van der Waals surface area contributed by atoms with E-state index in [1.807, 2.05) is 0 Å². The summed E-state index contributed by atoms with van der Waals surface area (Å²) in [6.45, 7) is 4.59. The number of aliphatic hydroxyl groups excluding tert-OH is 1. The number of nitrogens with one attached hydrogen (secondary N) is 1. The Kier molecular flexibility index (Phi) is 5.20. The number of aliphatic hydroxyl groups is 1. The molecule has 8 heteroatoms. The van der Waals surface area contributed by atoms with Crippen LogP contribution >= 0.6 is 11.8 Å². The molecular weight excluding hydrogens is 264 g/mol. The quantitative estimate of drug-likeness (QED) is 0.402. The fraction of sp³-hybridized carbons (Fsp3) is 0.636. The third kappa shape index (κ3) is 4.83. The minimum atomic E-state index is -0.408. The molecule has 0 radical (unpaired) electrons. The zero-order chi connectivity index (χ0) is 13.7. The Balaban J connectivity index is 1.77. The number of nitrogens with zero attached hydrogens (tertiary/aromatic N) is 3. The van der Waals surface area contributed by atoms with Gasteiger partial charge in [0.05, 0.1) is 6.10 Å². The van der Waals surface area contributed by atoms with Crippen LogP contribution in [0.4, 0.5) is 11.6 Å². The molecule has 0 bridgehead atoms. The number of rotatable bonds is 5. The summed E-state index contributed by atoms with van der Waals surface area (Å²) in [7, 11) is 0. The topological polar surface area (TPSA) is 113 Å². The number of anilines is 2. The number of nitrogens with two attached hydrogens (primary N) is 2. The van der Waals surface area contributed by atoms with Crippen molar-refractivity contribution in [3.8, 4) is 0 Å². The maximum absolute atomic E-state index is 10.0. The molecule has 0 spiro atoms. The highest BCUT2D eigenvalue weighted by Gasteiger charge is 2.15. The molecule has 6 N–H and O–H groups in total. The minimum Gasteiger partial charge on any atom is -0.391 e. The van der Waals surface area contributed by atoms with Gasteiger partial charge in [-0.25, -0.2) is 9.97 Å². The average Bonchev–Trinajstić information content (AvgIpc) is 2.36. The van der Waals surface area contributed by atoms with Crippen molar-refractivity contribution in [1.29, 1.82) is 0 Å². The second-order valence-electron chi connectivity index (χ2n) is 4.52. The van der Waals surface area contributed by atoms with Gasteiger partial charge in [0, 0.05) is 44.5 Å². The van der Waals surface area contributed by atoms with Crippen molar-refractivity contribution >= 4 is 23.4 Å². The summed E-state index contributed by atoms with van der Waals surface area (Å²) < 4.78 is 0. The Morgan fingerprint density at radius 1 is 1.32 bits per heavy atom. The van der Waals surface area contributed by atoms with Gasteiger partial charge in [-0.15, -0.1) is 0 Å². The first kappa shape index (κ1) is 14.3. The maximum Gasteiger partial charge on any atom is 0.191 e. The van der Waals surface area contributed by atoms with E-state index < -0.39 is 6.10 Å². The minimum absolute atomic E-state index is 0.353. The molecule has 7 nitrogen and oxygen atoms in total. The van der Waals surface area contributed by atoms with Crippen molar-refractivity contribution in [2.75, 3.05) is 49.9 Å². The largest absolute Gasteiger partial charge is 0.391 e. The van der Waals surface area contributed by atoms with E-state index in [-0.39, 0.29) is 0 Å². The Morgan fingerprint density at radius 2 is 1.95 bits per heavy atom. The summed E-state index contributed by atoms with van der Waals surface area (Å²) in [5.41, 5.74) is 11.2. The number of aromatic nitrogens is 2. The number of piperazine rings is 1. The standard InChI is InChI=1S/C11H20N6OS/c12-9-5-10(13)16-11(15-9)19-7-8(18)6-17-3-1-14-2-4-17/h5,8,14,18H,1-4,6-7H2,(H4,12,13,15,16). The third-order valence-electron chi connectivity index (χ3n) is 2.83. The van der Waals surface area contributed by atoms with Crippen molar-refractivity contribution in [2.24, 2.45) is 0 Å². The predicted molar refractivity (Wildman–Crippen MR) is 76.9 cm³/mol. The van der Waals surface area contributed by atoms with Crippen LogP contribution < -0.4 is 16.8 Å². The lowest BCUT2D eigenvalue weighted by atomic mass is 10.3. The molecule has 0 aromatic carbocycles. The van der Waals surface area contributed by atoms with Crippen molar-refractivity contribution in [3.63, 3.8) is 0 Å². The summed E-state index contributed by atoms with van der Waals surface area (Å²) in [4.78, 5) is 10.4. The molecule has 0 amide bonds. The molecule has 1 atom stereocenters. The molecule has 1 unspecified atom stereocenters. The molecule has 1 aliphatic heterocycles. The van der Waals surface area contributed by atoms with E-state index in [0.717, 1.165) is 26.2 Å². The average molecular weight is 284 g/mol. The molecular formula is C11H20N6OS. The van der Waals surface area contributed by atoms with Crippen molar-refractivity contribution < 1.29 is 5.11 Å². The summed E-state index contributed by atoms with van der Waals surface area (Å²) in [6, 6.07) is 1.52. The van der Waals surface area contributed by atoms with Crippen LogP contribution in [0.15, 0.2) is 11.2 Å². The highest BCUT2D eigenvalue weighted by Crippen LogP contribution is 2.17. The van der Waals surface area contributed by atoms with Crippen LogP contribution in [-0.2, 0) is 0 Å². The maximum atomic E-state index is 10.0. The number of thioether (sulfide) groups is 1. The van der Waals surface area contributed by atoms with Crippen LogP contribution in [0.1, 0.15) is 0 Å². The van der Waals surface area contributed by atoms with Gasteiger partial charge in [-0.3, -0.25) is 4.90 Å². The first-order chi connectivity index (χ1) is 9.13.